The van der Waals surface area contributed by atoms with Crippen LogP contribution in [-0.2, 0) is 0 Å². The van der Waals surface area contributed by atoms with Crippen LogP contribution in [0.25, 0.3) is 11.4 Å². The van der Waals surface area contributed by atoms with Crippen LogP contribution in [0, 0.1) is 0 Å². The lowest BCUT2D eigenvalue weighted by Crippen LogP contribution is -2.16. The van der Waals surface area contributed by atoms with E-state index in [1.807, 2.05) is 37.4 Å². The Hall–Kier alpha value is -2.80. The number of hydrogen-bond donors (Lipinski definition) is 2. The lowest BCUT2D eigenvalue weighted by molar-refractivity contribution is 0.0999. The Balaban J connectivity index is 1.94. The van der Waals surface area contributed by atoms with E-state index in [0.717, 1.165) is 17.0 Å². The molecule has 1 amide bonds. The molecule has 24 heavy (non-hydrogen) atoms. The highest BCUT2D eigenvalue weighted by molar-refractivity contribution is 7.14. The van der Waals surface area contributed by atoms with E-state index in [0.29, 0.717) is 16.5 Å². The number of primary amides is 1. The number of carbonyl (C=O) groups is 1. The van der Waals surface area contributed by atoms with Crippen LogP contribution in [0.1, 0.15) is 35.7 Å². The van der Waals surface area contributed by atoms with Crippen molar-refractivity contribution in [2.45, 2.75) is 19.8 Å². The third kappa shape index (κ3) is 3.26. The summed E-state index contributed by atoms with van der Waals surface area (Å²) >= 11 is 1.46. The zero-order valence-corrected chi connectivity index (χ0v) is 14.2. The summed E-state index contributed by atoms with van der Waals surface area (Å²) in [5, 5.41) is 5.81. The van der Waals surface area contributed by atoms with Gasteiger partial charge in [-0.25, -0.2) is 9.97 Å². The summed E-state index contributed by atoms with van der Waals surface area (Å²) in [6.45, 7) is 3.99. The molecule has 0 radical (unpaired) electrons. The van der Waals surface area contributed by atoms with Gasteiger partial charge in [0.05, 0.1) is 5.69 Å². The average molecular weight is 339 g/mol. The summed E-state index contributed by atoms with van der Waals surface area (Å²) in [6.07, 6.45) is 3.30. The number of thiazole rings is 1. The molecule has 3 aromatic heterocycles. The fraction of sp³-hybridized carbons (Fsp3) is 0.176. The highest BCUT2D eigenvalue weighted by Crippen LogP contribution is 2.31. The first-order valence-electron chi connectivity index (χ1n) is 7.49. The number of anilines is 2. The topological polar surface area (TPSA) is 93.8 Å². The van der Waals surface area contributed by atoms with E-state index in [9.17, 15) is 4.79 Å². The second-order valence-corrected chi connectivity index (χ2v) is 6.38. The van der Waals surface area contributed by atoms with Crippen molar-refractivity contribution >= 4 is 28.2 Å². The SMILES string of the molecule is CC(C)c1c(C(N)=O)ccnc1Nc1nc(-c2ccccn2)cs1. The molecule has 0 bridgehead atoms. The number of aromatic nitrogens is 3. The molecule has 6 nitrogen and oxygen atoms in total. The van der Waals surface area contributed by atoms with Crippen LogP contribution in [0.2, 0.25) is 0 Å². The number of nitrogens with two attached hydrogens (primary N) is 1. The maximum Gasteiger partial charge on any atom is 0.249 e. The number of rotatable bonds is 5. The van der Waals surface area contributed by atoms with Gasteiger partial charge in [-0.2, -0.15) is 0 Å². The quantitative estimate of drug-likeness (QED) is 0.741. The Kier molecular flexibility index (Phi) is 4.52. The van der Waals surface area contributed by atoms with E-state index in [4.69, 9.17) is 5.73 Å². The summed E-state index contributed by atoms with van der Waals surface area (Å²) in [5.41, 5.74) is 8.35. The van der Waals surface area contributed by atoms with Crippen molar-refractivity contribution in [3.8, 4) is 11.4 Å². The van der Waals surface area contributed by atoms with E-state index in [2.05, 4.69) is 20.3 Å². The molecular formula is C17H17N5OS. The monoisotopic (exact) mass is 339 g/mol. The normalized spacial score (nSPS) is 10.8. The number of hydrogen-bond acceptors (Lipinski definition) is 6. The number of pyridine rings is 2. The molecular weight excluding hydrogens is 322 g/mol. The molecule has 0 fully saturated rings. The predicted molar refractivity (Wildman–Crippen MR) is 95.5 cm³/mol. The van der Waals surface area contributed by atoms with Crippen LogP contribution in [0.3, 0.4) is 0 Å². The van der Waals surface area contributed by atoms with Gasteiger partial charge in [0.2, 0.25) is 5.91 Å². The summed E-state index contributed by atoms with van der Waals surface area (Å²) in [7, 11) is 0. The maximum atomic E-state index is 11.7. The first-order valence-corrected chi connectivity index (χ1v) is 8.37. The van der Waals surface area contributed by atoms with Gasteiger partial charge in [-0.05, 0) is 24.1 Å². The molecule has 0 aliphatic carbocycles. The number of nitrogens with one attached hydrogen (secondary N) is 1. The van der Waals surface area contributed by atoms with Gasteiger partial charge in [-0.1, -0.05) is 19.9 Å². The van der Waals surface area contributed by atoms with Crippen LogP contribution in [0.5, 0.6) is 0 Å². The van der Waals surface area contributed by atoms with Gasteiger partial charge >= 0.3 is 0 Å². The molecule has 0 aromatic carbocycles. The molecule has 0 saturated carbocycles. The minimum absolute atomic E-state index is 0.0962. The molecule has 3 N–H and O–H groups in total. The largest absolute Gasteiger partial charge is 0.366 e. The lowest BCUT2D eigenvalue weighted by Gasteiger charge is -2.15. The van der Waals surface area contributed by atoms with Crippen LogP contribution in [0.4, 0.5) is 10.9 Å². The molecule has 122 valence electrons. The van der Waals surface area contributed by atoms with Gasteiger partial charge in [0, 0.05) is 28.9 Å². The highest BCUT2D eigenvalue weighted by Gasteiger charge is 2.18. The minimum Gasteiger partial charge on any atom is -0.366 e. The second kappa shape index (κ2) is 6.76. The zero-order chi connectivity index (χ0) is 17.1. The highest BCUT2D eigenvalue weighted by atomic mass is 32.1. The minimum atomic E-state index is -0.461. The maximum absolute atomic E-state index is 11.7. The molecule has 3 rings (SSSR count). The molecule has 0 unspecified atom stereocenters. The van der Waals surface area contributed by atoms with Gasteiger partial charge in [0.15, 0.2) is 5.13 Å². The fourth-order valence-corrected chi connectivity index (χ4v) is 3.14. The molecule has 0 spiro atoms. The average Bonchev–Trinajstić information content (AvgIpc) is 3.03. The van der Waals surface area contributed by atoms with Crippen molar-refractivity contribution in [3.63, 3.8) is 0 Å². The number of carbonyl (C=O) groups excluding carboxylic acids is 1. The smallest absolute Gasteiger partial charge is 0.249 e. The van der Waals surface area contributed by atoms with Crippen molar-refractivity contribution in [1.82, 2.24) is 15.0 Å². The van der Waals surface area contributed by atoms with Crippen molar-refractivity contribution in [3.05, 3.63) is 53.2 Å². The zero-order valence-electron chi connectivity index (χ0n) is 13.4. The number of amides is 1. The van der Waals surface area contributed by atoms with E-state index in [-0.39, 0.29) is 5.92 Å². The molecule has 7 heteroatoms. The molecule has 3 heterocycles. The molecule has 0 aliphatic rings. The van der Waals surface area contributed by atoms with E-state index in [1.165, 1.54) is 11.3 Å². The standard InChI is InChI=1S/C17H17N5OS/c1-10(2)14-11(15(18)23)6-8-20-16(14)22-17-21-13(9-24-17)12-5-3-4-7-19-12/h3-10H,1-2H3,(H2,18,23)(H,20,21,22). The third-order valence-electron chi connectivity index (χ3n) is 3.49. The Morgan fingerprint density at radius 2 is 2.00 bits per heavy atom. The van der Waals surface area contributed by atoms with Gasteiger partial charge in [-0.3, -0.25) is 9.78 Å². The van der Waals surface area contributed by atoms with Crippen LogP contribution in [-0.4, -0.2) is 20.9 Å². The summed E-state index contributed by atoms with van der Waals surface area (Å²) in [6, 6.07) is 7.33. The van der Waals surface area contributed by atoms with E-state index in [1.54, 1.807) is 18.5 Å². The van der Waals surface area contributed by atoms with Gasteiger partial charge < -0.3 is 11.1 Å². The molecule has 0 atom stereocenters. The third-order valence-corrected chi connectivity index (χ3v) is 4.25. The van der Waals surface area contributed by atoms with Gasteiger partial charge in [0.1, 0.15) is 11.5 Å². The van der Waals surface area contributed by atoms with Crippen molar-refractivity contribution in [2.24, 2.45) is 5.73 Å². The van der Waals surface area contributed by atoms with Crippen molar-refractivity contribution in [1.29, 1.82) is 0 Å². The molecule has 3 aromatic rings. The Morgan fingerprint density at radius 3 is 2.67 bits per heavy atom. The number of nitrogens with zero attached hydrogens (tertiary/aromatic N) is 3. The Labute approximate surface area is 143 Å². The Morgan fingerprint density at radius 1 is 1.17 bits per heavy atom. The molecule has 0 aliphatic heterocycles. The van der Waals surface area contributed by atoms with Crippen molar-refractivity contribution < 1.29 is 4.79 Å². The van der Waals surface area contributed by atoms with Crippen molar-refractivity contribution in [2.75, 3.05) is 5.32 Å². The lowest BCUT2D eigenvalue weighted by atomic mass is 9.98. The van der Waals surface area contributed by atoms with Crippen LogP contribution < -0.4 is 11.1 Å². The summed E-state index contributed by atoms with van der Waals surface area (Å²) in [5.74, 6) is 0.236. The van der Waals surface area contributed by atoms with Crippen LogP contribution >= 0.6 is 11.3 Å². The van der Waals surface area contributed by atoms with Gasteiger partial charge in [-0.15, -0.1) is 11.3 Å². The van der Waals surface area contributed by atoms with Crippen LogP contribution in [0.15, 0.2) is 42.0 Å². The summed E-state index contributed by atoms with van der Waals surface area (Å²) < 4.78 is 0. The van der Waals surface area contributed by atoms with E-state index >= 15 is 0 Å². The Bertz CT molecular complexity index is 860. The van der Waals surface area contributed by atoms with Gasteiger partial charge in [0.25, 0.3) is 0 Å². The van der Waals surface area contributed by atoms with E-state index < -0.39 is 5.91 Å². The predicted octanol–water partition coefficient (Wildman–Crippen LogP) is 3.57. The molecule has 0 saturated heterocycles. The second-order valence-electron chi connectivity index (χ2n) is 5.52. The fourth-order valence-electron chi connectivity index (χ4n) is 2.44. The summed E-state index contributed by atoms with van der Waals surface area (Å²) in [4.78, 5) is 24.8. The first-order chi connectivity index (χ1) is 11.6. The first kappa shape index (κ1) is 16.1.